The lowest BCUT2D eigenvalue weighted by molar-refractivity contribution is -0.137. The molecular weight excluding hydrogens is 469 g/mol. The van der Waals surface area contributed by atoms with E-state index in [2.05, 4.69) is 10.2 Å². The van der Waals surface area contributed by atoms with Crippen LogP contribution in [0.15, 0.2) is 70.0 Å². The number of alkyl halides is 3. The largest absolute Gasteiger partial charge is 0.456 e. The van der Waals surface area contributed by atoms with Crippen LogP contribution in [0.5, 0.6) is 0 Å². The molecule has 186 valence electrons. The van der Waals surface area contributed by atoms with E-state index in [4.69, 9.17) is 9.83 Å². The fraction of sp³-hybridized carbons (Fsp3) is 0.259. The first kappa shape index (κ1) is 23.9. The standard InChI is InChI=1S/C27H25F3N4O2/c28-27(29,30)20-5-3-18(4-6-20)25-16-22-24(36-25)9-13-34(26(22)35)21-7-8-23(19(15-21)17-31)32-10-14-33-11-1-2-12-33/h3-9,13,15-17,31-32H,1-2,10-12,14H2. The Labute approximate surface area is 205 Å². The number of anilines is 1. The van der Waals surface area contributed by atoms with E-state index in [1.807, 2.05) is 12.1 Å². The number of rotatable bonds is 7. The number of hydrogen-bond donors (Lipinski definition) is 2. The minimum absolute atomic E-state index is 0.311. The van der Waals surface area contributed by atoms with Gasteiger partial charge in [-0.05, 0) is 68.4 Å². The van der Waals surface area contributed by atoms with Crippen molar-refractivity contribution in [1.29, 1.82) is 5.41 Å². The van der Waals surface area contributed by atoms with Crippen molar-refractivity contribution in [3.63, 3.8) is 0 Å². The van der Waals surface area contributed by atoms with Crippen LogP contribution in [0.1, 0.15) is 24.0 Å². The van der Waals surface area contributed by atoms with E-state index in [0.717, 1.165) is 44.0 Å². The van der Waals surface area contributed by atoms with Crippen molar-refractivity contribution < 1.29 is 17.6 Å². The number of likely N-dealkylation sites (tertiary alicyclic amines) is 1. The maximum Gasteiger partial charge on any atom is 0.416 e. The third kappa shape index (κ3) is 4.79. The Bertz CT molecular complexity index is 1450. The van der Waals surface area contributed by atoms with Gasteiger partial charge in [0, 0.05) is 48.0 Å². The van der Waals surface area contributed by atoms with Crippen LogP contribution in [0.4, 0.5) is 18.9 Å². The number of halogens is 3. The fourth-order valence-corrected chi connectivity index (χ4v) is 4.54. The molecule has 0 saturated carbocycles. The Morgan fingerprint density at radius 1 is 1.03 bits per heavy atom. The van der Waals surface area contributed by atoms with Crippen molar-refractivity contribution in [2.75, 3.05) is 31.5 Å². The molecule has 2 N–H and O–H groups in total. The van der Waals surface area contributed by atoms with Crippen LogP contribution < -0.4 is 10.9 Å². The Balaban J connectivity index is 1.40. The van der Waals surface area contributed by atoms with Crippen molar-refractivity contribution in [3.05, 3.63) is 82.3 Å². The molecule has 0 aliphatic carbocycles. The Hall–Kier alpha value is -3.85. The highest BCUT2D eigenvalue weighted by Crippen LogP contribution is 2.32. The summed E-state index contributed by atoms with van der Waals surface area (Å²) in [6.45, 7) is 3.96. The van der Waals surface area contributed by atoms with Gasteiger partial charge in [-0.3, -0.25) is 9.36 Å². The monoisotopic (exact) mass is 494 g/mol. The molecule has 2 aromatic carbocycles. The highest BCUT2D eigenvalue weighted by Gasteiger charge is 2.30. The van der Waals surface area contributed by atoms with Gasteiger partial charge in [0.05, 0.1) is 10.9 Å². The van der Waals surface area contributed by atoms with Crippen LogP contribution in [0.3, 0.4) is 0 Å². The van der Waals surface area contributed by atoms with Crippen LogP contribution in [-0.2, 0) is 6.18 Å². The third-order valence-corrected chi connectivity index (χ3v) is 6.49. The number of furan rings is 1. The lowest BCUT2D eigenvalue weighted by Crippen LogP contribution is -2.26. The number of pyridine rings is 1. The van der Waals surface area contributed by atoms with Crippen LogP contribution in [0.25, 0.3) is 28.0 Å². The Kier molecular flexibility index (Phi) is 6.40. The Morgan fingerprint density at radius 2 is 1.78 bits per heavy atom. The normalized spacial score (nSPS) is 14.4. The quantitative estimate of drug-likeness (QED) is 0.320. The maximum atomic E-state index is 13.2. The summed E-state index contributed by atoms with van der Waals surface area (Å²) in [5, 5.41) is 11.5. The molecule has 0 atom stereocenters. The molecule has 1 aliphatic rings. The van der Waals surface area contributed by atoms with Gasteiger partial charge in [0.15, 0.2) is 0 Å². The number of aromatic nitrogens is 1. The molecule has 36 heavy (non-hydrogen) atoms. The van der Waals surface area contributed by atoms with Gasteiger partial charge < -0.3 is 20.0 Å². The van der Waals surface area contributed by atoms with Gasteiger partial charge in [0.25, 0.3) is 5.56 Å². The summed E-state index contributed by atoms with van der Waals surface area (Å²) < 4.78 is 45.8. The molecule has 9 heteroatoms. The first-order chi connectivity index (χ1) is 17.3. The molecule has 0 unspecified atom stereocenters. The smallest absolute Gasteiger partial charge is 0.416 e. The summed E-state index contributed by atoms with van der Waals surface area (Å²) in [6.07, 6.45) is 0.901. The molecule has 0 amide bonds. The maximum absolute atomic E-state index is 13.2. The molecule has 2 aromatic heterocycles. The van der Waals surface area contributed by atoms with E-state index in [0.29, 0.717) is 33.5 Å². The van der Waals surface area contributed by atoms with E-state index >= 15 is 0 Å². The number of hydrogen-bond acceptors (Lipinski definition) is 5. The van der Waals surface area contributed by atoms with E-state index in [1.54, 1.807) is 24.4 Å². The topological polar surface area (TPSA) is 74.3 Å². The van der Waals surface area contributed by atoms with E-state index < -0.39 is 11.7 Å². The molecule has 5 rings (SSSR count). The van der Waals surface area contributed by atoms with Crippen LogP contribution in [0, 0.1) is 5.41 Å². The van der Waals surface area contributed by atoms with Crippen molar-refractivity contribution in [3.8, 4) is 17.0 Å². The van der Waals surface area contributed by atoms with Crippen LogP contribution in [-0.4, -0.2) is 41.9 Å². The number of nitrogens with one attached hydrogen (secondary N) is 2. The zero-order valence-electron chi connectivity index (χ0n) is 19.4. The first-order valence-electron chi connectivity index (χ1n) is 11.8. The molecule has 6 nitrogen and oxygen atoms in total. The molecule has 4 aromatic rings. The molecular formula is C27H25F3N4O2. The second-order valence-electron chi connectivity index (χ2n) is 8.85. The molecule has 1 fully saturated rings. The zero-order chi connectivity index (χ0) is 25.3. The number of fused-ring (bicyclic) bond motifs is 1. The van der Waals surface area contributed by atoms with Crippen molar-refractivity contribution >= 4 is 22.9 Å². The van der Waals surface area contributed by atoms with E-state index in [9.17, 15) is 18.0 Å². The van der Waals surface area contributed by atoms with Gasteiger partial charge in [-0.1, -0.05) is 12.1 Å². The van der Waals surface area contributed by atoms with E-state index in [1.165, 1.54) is 35.8 Å². The second-order valence-corrected chi connectivity index (χ2v) is 8.85. The number of benzene rings is 2. The first-order valence-corrected chi connectivity index (χ1v) is 11.8. The molecule has 0 radical (unpaired) electrons. The highest BCUT2D eigenvalue weighted by atomic mass is 19.4. The summed E-state index contributed by atoms with van der Waals surface area (Å²) in [4.78, 5) is 15.6. The predicted molar refractivity (Wildman–Crippen MR) is 134 cm³/mol. The summed E-state index contributed by atoms with van der Waals surface area (Å²) in [5.74, 6) is 0.311. The summed E-state index contributed by atoms with van der Waals surface area (Å²) >= 11 is 0. The summed E-state index contributed by atoms with van der Waals surface area (Å²) in [7, 11) is 0. The lowest BCUT2D eigenvalue weighted by atomic mass is 10.1. The van der Waals surface area contributed by atoms with Crippen LogP contribution in [0.2, 0.25) is 0 Å². The molecule has 0 bridgehead atoms. The molecule has 1 aliphatic heterocycles. The van der Waals surface area contributed by atoms with Crippen molar-refractivity contribution in [2.45, 2.75) is 19.0 Å². The Morgan fingerprint density at radius 3 is 2.47 bits per heavy atom. The average molecular weight is 495 g/mol. The summed E-state index contributed by atoms with van der Waals surface area (Å²) in [6, 6.07) is 13.3. The molecule has 0 spiro atoms. The van der Waals surface area contributed by atoms with Gasteiger partial charge in [-0.2, -0.15) is 13.2 Å². The third-order valence-electron chi connectivity index (χ3n) is 6.49. The van der Waals surface area contributed by atoms with Gasteiger partial charge in [-0.15, -0.1) is 0 Å². The minimum Gasteiger partial charge on any atom is -0.456 e. The highest BCUT2D eigenvalue weighted by molar-refractivity contribution is 5.87. The molecule has 3 heterocycles. The summed E-state index contributed by atoms with van der Waals surface area (Å²) in [5.41, 5.74) is 1.82. The predicted octanol–water partition coefficient (Wildman–Crippen LogP) is 5.77. The SMILES string of the molecule is N=Cc1cc(-n2ccc3oc(-c4ccc(C(F)(F)F)cc4)cc3c2=O)ccc1NCCN1CCCC1. The van der Waals surface area contributed by atoms with Gasteiger partial charge in [0.1, 0.15) is 11.3 Å². The van der Waals surface area contributed by atoms with Crippen molar-refractivity contribution in [1.82, 2.24) is 9.47 Å². The van der Waals surface area contributed by atoms with E-state index in [-0.39, 0.29) is 5.56 Å². The average Bonchev–Trinajstić information content (AvgIpc) is 3.55. The number of nitrogens with zero attached hydrogens (tertiary/aromatic N) is 2. The minimum atomic E-state index is -4.42. The van der Waals surface area contributed by atoms with Gasteiger partial charge >= 0.3 is 6.18 Å². The zero-order valence-corrected chi connectivity index (χ0v) is 19.4. The molecule has 1 saturated heterocycles. The van der Waals surface area contributed by atoms with Gasteiger partial charge in [-0.25, -0.2) is 0 Å². The van der Waals surface area contributed by atoms with Gasteiger partial charge in [0.2, 0.25) is 0 Å². The second kappa shape index (κ2) is 9.66. The fourth-order valence-electron chi connectivity index (χ4n) is 4.54. The lowest BCUT2D eigenvalue weighted by Gasteiger charge is -2.17. The van der Waals surface area contributed by atoms with Crippen molar-refractivity contribution in [2.24, 2.45) is 0 Å². The van der Waals surface area contributed by atoms with Crippen LogP contribution >= 0.6 is 0 Å².